The maximum atomic E-state index is 12.1. The molecule has 108 valence electrons. The molecule has 0 unspecified atom stereocenters. The van der Waals surface area contributed by atoms with Gasteiger partial charge >= 0.3 is 5.97 Å². The highest BCUT2D eigenvalue weighted by Crippen LogP contribution is 2.25. The van der Waals surface area contributed by atoms with E-state index in [0.717, 1.165) is 31.9 Å². The molecule has 0 radical (unpaired) electrons. The third-order valence-corrected chi connectivity index (χ3v) is 3.35. The van der Waals surface area contributed by atoms with Crippen LogP contribution in [0.15, 0.2) is 4.99 Å². The van der Waals surface area contributed by atoms with Gasteiger partial charge in [-0.25, -0.2) is 4.79 Å². The van der Waals surface area contributed by atoms with Crippen molar-refractivity contribution in [2.75, 3.05) is 20.3 Å². The molecule has 0 N–H and O–H groups in total. The Balaban J connectivity index is 2.33. The Bertz CT molecular complexity index is 321. The van der Waals surface area contributed by atoms with Crippen molar-refractivity contribution in [3.05, 3.63) is 0 Å². The number of aliphatic imine (C=N–C) groups is 1. The minimum atomic E-state index is -0.527. The van der Waals surface area contributed by atoms with E-state index in [4.69, 9.17) is 9.47 Å². The summed E-state index contributed by atoms with van der Waals surface area (Å²) in [5.74, 6) is -0.272. The summed E-state index contributed by atoms with van der Waals surface area (Å²) in [5.41, 5.74) is 0. The summed E-state index contributed by atoms with van der Waals surface area (Å²) >= 11 is 0. The molecule has 0 aromatic rings. The van der Waals surface area contributed by atoms with Crippen LogP contribution in [-0.2, 0) is 19.1 Å². The number of rotatable bonds is 7. The molecule has 0 bridgehead atoms. The molecule has 0 aromatic carbocycles. The summed E-state index contributed by atoms with van der Waals surface area (Å²) in [4.78, 5) is 27.4. The summed E-state index contributed by atoms with van der Waals surface area (Å²) < 4.78 is 9.59. The number of methoxy groups -OCH3 is 1. The molecule has 0 spiro atoms. The number of Topliss-reactive ketones (excluding diaryl/α,β-unsaturated/α-hetero) is 1. The Labute approximate surface area is 114 Å². The van der Waals surface area contributed by atoms with E-state index in [1.165, 1.54) is 13.5 Å². The lowest BCUT2D eigenvalue weighted by atomic mass is 9.84. The standard InChI is InChI=1S/C14H23NO4/c1-11(14(17)12-6-4-3-5-7-12)15-10-13(16)19-9-8-18-2/h10-12H,3-9H2,1-2H3/t11-/m0/s1. The summed E-state index contributed by atoms with van der Waals surface area (Å²) in [5, 5.41) is 0. The van der Waals surface area contributed by atoms with Crippen LogP contribution < -0.4 is 0 Å². The van der Waals surface area contributed by atoms with Crippen molar-refractivity contribution in [3.8, 4) is 0 Å². The fourth-order valence-corrected chi connectivity index (χ4v) is 2.24. The number of nitrogens with zero attached hydrogens (tertiary/aromatic N) is 1. The van der Waals surface area contributed by atoms with Crippen LogP contribution in [0.25, 0.3) is 0 Å². The molecule has 5 heteroatoms. The zero-order chi connectivity index (χ0) is 14.1. The predicted octanol–water partition coefficient (Wildman–Crippen LogP) is 1.78. The molecule has 19 heavy (non-hydrogen) atoms. The third kappa shape index (κ3) is 5.96. The number of ether oxygens (including phenoxy) is 2. The Morgan fingerprint density at radius 3 is 2.58 bits per heavy atom. The molecular formula is C14H23NO4. The Morgan fingerprint density at radius 2 is 1.95 bits per heavy atom. The van der Waals surface area contributed by atoms with Gasteiger partial charge in [-0.15, -0.1) is 0 Å². The van der Waals surface area contributed by atoms with Crippen LogP contribution in [-0.4, -0.2) is 44.3 Å². The van der Waals surface area contributed by atoms with Gasteiger partial charge in [-0.2, -0.15) is 0 Å². The van der Waals surface area contributed by atoms with E-state index < -0.39 is 12.0 Å². The molecule has 1 saturated carbocycles. The highest BCUT2D eigenvalue weighted by Gasteiger charge is 2.24. The van der Waals surface area contributed by atoms with Crippen molar-refractivity contribution in [1.29, 1.82) is 0 Å². The molecule has 1 aliphatic rings. The molecule has 0 amide bonds. The van der Waals surface area contributed by atoms with Crippen LogP contribution in [0.2, 0.25) is 0 Å². The van der Waals surface area contributed by atoms with Crippen molar-refractivity contribution in [2.24, 2.45) is 10.9 Å². The summed E-state index contributed by atoms with van der Waals surface area (Å²) in [7, 11) is 1.53. The number of hydrogen-bond acceptors (Lipinski definition) is 5. The average Bonchev–Trinajstić information content (AvgIpc) is 2.45. The second-order valence-electron chi connectivity index (χ2n) is 4.85. The first-order valence-electron chi connectivity index (χ1n) is 6.87. The molecule has 1 rings (SSSR count). The second kappa shape index (κ2) is 8.80. The molecule has 0 heterocycles. The first kappa shape index (κ1) is 15.8. The lowest BCUT2D eigenvalue weighted by molar-refractivity contribution is -0.136. The first-order chi connectivity index (χ1) is 9.15. The van der Waals surface area contributed by atoms with Crippen molar-refractivity contribution in [3.63, 3.8) is 0 Å². The van der Waals surface area contributed by atoms with E-state index in [2.05, 4.69) is 4.99 Å². The van der Waals surface area contributed by atoms with Gasteiger partial charge in [0, 0.05) is 13.0 Å². The second-order valence-corrected chi connectivity index (χ2v) is 4.85. The van der Waals surface area contributed by atoms with Crippen molar-refractivity contribution in [1.82, 2.24) is 0 Å². The molecule has 0 saturated heterocycles. The smallest absolute Gasteiger partial charge is 0.349 e. The molecule has 1 aliphatic carbocycles. The van der Waals surface area contributed by atoms with Gasteiger partial charge in [0.1, 0.15) is 18.9 Å². The molecule has 1 fully saturated rings. The van der Waals surface area contributed by atoms with Crippen LogP contribution in [0.1, 0.15) is 39.0 Å². The summed E-state index contributed by atoms with van der Waals surface area (Å²) in [6.45, 7) is 2.29. The largest absolute Gasteiger partial charge is 0.459 e. The average molecular weight is 269 g/mol. The van der Waals surface area contributed by atoms with Crippen LogP contribution in [0.3, 0.4) is 0 Å². The van der Waals surface area contributed by atoms with Gasteiger partial charge in [-0.3, -0.25) is 9.79 Å². The molecular weight excluding hydrogens is 246 g/mol. The van der Waals surface area contributed by atoms with E-state index >= 15 is 0 Å². The molecule has 0 aromatic heterocycles. The molecule has 5 nitrogen and oxygen atoms in total. The lowest BCUT2D eigenvalue weighted by Gasteiger charge is -2.21. The zero-order valence-electron chi connectivity index (χ0n) is 11.8. The van der Waals surface area contributed by atoms with Gasteiger partial charge < -0.3 is 9.47 Å². The van der Waals surface area contributed by atoms with Gasteiger partial charge in [-0.05, 0) is 19.8 Å². The monoisotopic (exact) mass is 269 g/mol. The van der Waals surface area contributed by atoms with E-state index in [1.54, 1.807) is 6.92 Å². The van der Waals surface area contributed by atoms with Crippen LogP contribution >= 0.6 is 0 Å². The maximum absolute atomic E-state index is 12.1. The number of carbonyl (C=O) groups is 2. The van der Waals surface area contributed by atoms with Crippen molar-refractivity contribution >= 4 is 18.0 Å². The van der Waals surface area contributed by atoms with E-state index in [0.29, 0.717) is 6.61 Å². The quantitative estimate of drug-likeness (QED) is 0.401. The van der Waals surface area contributed by atoms with Gasteiger partial charge in [0.15, 0.2) is 5.78 Å². The van der Waals surface area contributed by atoms with Gasteiger partial charge in [0.2, 0.25) is 0 Å². The minimum Gasteiger partial charge on any atom is -0.459 e. The Kier molecular flexibility index (Phi) is 7.33. The van der Waals surface area contributed by atoms with Crippen LogP contribution in [0, 0.1) is 5.92 Å². The maximum Gasteiger partial charge on any atom is 0.349 e. The van der Waals surface area contributed by atoms with Gasteiger partial charge in [-0.1, -0.05) is 19.3 Å². The van der Waals surface area contributed by atoms with Crippen molar-refractivity contribution < 1.29 is 19.1 Å². The predicted molar refractivity (Wildman–Crippen MR) is 72.4 cm³/mol. The fraction of sp³-hybridized carbons (Fsp3) is 0.786. The van der Waals surface area contributed by atoms with E-state index in [1.807, 2.05) is 0 Å². The Morgan fingerprint density at radius 1 is 1.26 bits per heavy atom. The van der Waals surface area contributed by atoms with Crippen LogP contribution in [0.4, 0.5) is 0 Å². The molecule has 0 aliphatic heterocycles. The number of hydrogen-bond donors (Lipinski definition) is 0. The number of ketones is 1. The van der Waals surface area contributed by atoms with E-state index in [-0.39, 0.29) is 18.3 Å². The van der Waals surface area contributed by atoms with Gasteiger partial charge in [0.25, 0.3) is 0 Å². The zero-order valence-corrected chi connectivity index (χ0v) is 11.8. The highest BCUT2D eigenvalue weighted by atomic mass is 16.6. The number of esters is 1. The fourth-order valence-electron chi connectivity index (χ4n) is 2.24. The summed E-state index contributed by atoms with van der Waals surface area (Å²) in [6, 6.07) is -0.460. The lowest BCUT2D eigenvalue weighted by Crippen LogP contribution is -2.27. The first-order valence-corrected chi connectivity index (χ1v) is 6.87. The minimum absolute atomic E-state index is 0.116. The SMILES string of the molecule is COCCOC(=O)C=N[C@@H](C)C(=O)C1CCCCC1. The Hall–Kier alpha value is -1.23. The number of carbonyl (C=O) groups excluding carboxylic acids is 2. The normalized spacial score (nSPS) is 18.4. The van der Waals surface area contributed by atoms with Crippen molar-refractivity contribution in [2.45, 2.75) is 45.1 Å². The third-order valence-electron chi connectivity index (χ3n) is 3.35. The van der Waals surface area contributed by atoms with E-state index in [9.17, 15) is 9.59 Å². The molecule has 1 atom stereocenters. The highest BCUT2D eigenvalue weighted by molar-refractivity contribution is 6.23. The topological polar surface area (TPSA) is 65.0 Å². The van der Waals surface area contributed by atoms with Gasteiger partial charge in [0.05, 0.1) is 6.61 Å². The summed E-state index contributed by atoms with van der Waals surface area (Å²) in [6.07, 6.45) is 6.46. The van der Waals surface area contributed by atoms with Crippen LogP contribution in [0.5, 0.6) is 0 Å².